The standard InChI is InChI=1S/C17H17N3OS2/c1-20(2)12-9-7-11(8-10-12)16(21)19-17-18-15-13(22-3)5-4-6-14(15)23-17/h4-10H,1-3H3,(H,18,19,21). The van der Waals surface area contributed by atoms with Gasteiger partial charge in [-0.3, -0.25) is 10.1 Å². The summed E-state index contributed by atoms with van der Waals surface area (Å²) in [5.41, 5.74) is 2.63. The number of carbonyl (C=O) groups excluding carboxylic acids is 1. The van der Waals surface area contributed by atoms with Gasteiger partial charge >= 0.3 is 0 Å². The van der Waals surface area contributed by atoms with Crippen molar-refractivity contribution in [3.63, 3.8) is 0 Å². The Morgan fingerprint density at radius 3 is 2.57 bits per heavy atom. The van der Waals surface area contributed by atoms with Crippen LogP contribution in [0.25, 0.3) is 10.2 Å². The zero-order chi connectivity index (χ0) is 16.4. The molecule has 0 saturated carbocycles. The van der Waals surface area contributed by atoms with Gasteiger partial charge < -0.3 is 4.90 Å². The highest BCUT2D eigenvalue weighted by atomic mass is 32.2. The van der Waals surface area contributed by atoms with Crippen LogP contribution in [0.1, 0.15) is 10.4 Å². The smallest absolute Gasteiger partial charge is 0.257 e. The fourth-order valence-corrected chi connectivity index (χ4v) is 3.74. The Bertz CT molecular complexity index is 841. The van der Waals surface area contributed by atoms with Crippen molar-refractivity contribution in [1.82, 2.24) is 4.98 Å². The van der Waals surface area contributed by atoms with E-state index in [1.54, 1.807) is 11.8 Å². The van der Waals surface area contributed by atoms with Crippen LogP contribution in [0.4, 0.5) is 10.8 Å². The van der Waals surface area contributed by atoms with Gasteiger partial charge in [-0.15, -0.1) is 11.8 Å². The van der Waals surface area contributed by atoms with Crippen LogP contribution in [0, 0.1) is 0 Å². The number of thiazole rings is 1. The first-order valence-corrected chi connectivity index (χ1v) is 9.15. The summed E-state index contributed by atoms with van der Waals surface area (Å²) in [6.45, 7) is 0. The fraction of sp³-hybridized carbons (Fsp3) is 0.176. The number of para-hydroxylation sites is 1. The first-order chi connectivity index (χ1) is 11.1. The number of fused-ring (bicyclic) bond motifs is 1. The van der Waals surface area contributed by atoms with Crippen molar-refractivity contribution in [2.75, 3.05) is 30.6 Å². The predicted octanol–water partition coefficient (Wildman–Crippen LogP) is 4.34. The molecule has 1 amide bonds. The summed E-state index contributed by atoms with van der Waals surface area (Å²) < 4.78 is 1.08. The van der Waals surface area contributed by atoms with Crippen molar-refractivity contribution in [3.05, 3.63) is 48.0 Å². The summed E-state index contributed by atoms with van der Waals surface area (Å²) >= 11 is 3.15. The number of nitrogens with zero attached hydrogens (tertiary/aromatic N) is 2. The Morgan fingerprint density at radius 2 is 1.91 bits per heavy atom. The Hall–Kier alpha value is -2.05. The van der Waals surface area contributed by atoms with E-state index >= 15 is 0 Å². The second kappa shape index (κ2) is 6.60. The molecular weight excluding hydrogens is 326 g/mol. The number of anilines is 2. The van der Waals surface area contributed by atoms with Crippen LogP contribution in [-0.4, -0.2) is 31.2 Å². The number of amides is 1. The van der Waals surface area contributed by atoms with E-state index in [1.807, 2.05) is 67.7 Å². The molecule has 118 valence electrons. The highest BCUT2D eigenvalue weighted by Crippen LogP contribution is 2.32. The monoisotopic (exact) mass is 343 g/mol. The Kier molecular flexibility index (Phi) is 4.54. The highest BCUT2D eigenvalue weighted by molar-refractivity contribution is 7.98. The number of benzene rings is 2. The molecule has 1 N–H and O–H groups in total. The molecule has 3 rings (SSSR count). The van der Waals surface area contributed by atoms with E-state index in [1.165, 1.54) is 11.3 Å². The molecule has 0 unspecified atom stereocenters. The first-order valence-electron chi connectivity index (χ1n) is 7.11. The number of hydrogen-bond acceptors (Lipinski definition) is 5. The Morgan fingerprint density at radius 1 is 1.17 bits per heavy atom. The molecular formula is C17H17N3OS2. The third-order valence-electron chi connectivity index (χ3n) is 3.47. The summed E-state index contributed by atoms with van der Waals surface area (Å²) in [5, 5.41) is 3.52. The van der Waals surface area contributed by atoms with Crippen LogP contribution < -0.4 is 10.2 Å². The Labute approximate surface area is 143 Å². The van der Waals surface area contributed by atoms with Gasteiger partial charge in [-0.05, 0) is 42.7 Å². The fourth-order valence-electron chi connectivity index (χ4n) is 2.22. The number of thioether (sulfide) groups is 1. The zero-order valence-corrected chi connectivity index (χ0v) is 14.8. The molecule has 0 saturated heterocycles. The average molecular weight is 343 g/mol. The number of rotatable bonds is 4. The quantitative estimate of drug-likeness (QED) is 0.716. The molecule has 0 bridgehead atoms. The van der Waals surface area contributed by atoms with Crippen molar-refractivity contribution < 1.29 is 4.79 Å². The van der Waals surface area contributed by atoms with Gasteiger partial charge in [-0.2, -0.15) is 0 Å². The lowest BCUT2D eigenvalue weighted by Crippen LogP contribution is -2.13. The minimum Gasteiger partial charge on any atom is -0.378 e. The van der Waals surface area contributed by atoms with E-state index < -0.39 is 0 Å². The maximum atomic E-state index is 12.4. The number of aromatic nitrogens is 1. The van der Waals surface area contributed by atoms with Crippen LogP contribution in [0.2, 0.25) is 0 Å². The molecule has 0 aliphatic rings. The van der Waals surface area contributed by atoms with Gasteiger partial charge in [0, 0.05) is 30.2 Å². The van der Waals surface area contributed by atoms with Gasteiger partial charge in [0.05, 0.1) is 10.2 Å². The number of hydrogen-bond donors (Lipinski definition) is 1. The van der Waals surface area contributed by atoms with Crippen LogP contribution in [0.3, 0.4) is 0 Å². The summed E-state index contributed by atoms with van der Waals surface area (Å²) in [5.74, 6) is -0.139. The van der Waals surface area contributed by atoms with E-state index in [9.17, 15) is 4.79 Å². The summed E-state index contributed by atoms with van der Waals surface area (Å²) in [6, 6.07) is 13.6. The third-order valence-corrected chi connectivity index (χ3v) is 5.17. The van der Waals surface area contributed by atoms with Gasteiger partial charge in [-0.25, -0.2) is 4.98 Å². The van der Waals surface area contributed by atoms with Crippen LogP contribution >= 0.6 is 23.1 Å². The highest BCUT2D eigenvalue weighted by Gasteiger charge is 2.12. The molecule has 0 fully saturated rings. The lowest BCUT2D eigenvalue weighted by Gasteiger charge is -2.12. The maximum absolute atomic E-state index is 12.4. The van der Waals surface area contributed by atoms with Crippen molar-refractivity contribution >= 4 is 50.0 Å². The lowest BCUT2D eigenvalue weighted by molar-refractivity contribution is 0.102. The Balaban J connectivity index is 1.82. The van der Waals surface area contributed by atoms with Gasteiger partial charge in [0.15, 0.2) is 5.13 Å². The zero-order valence-electron chi connectivity index (χ0n) is 13.2. The molecule has 0 radical (unpaired) electrons. The molecule has 0 aliphatic carbocycles. The van der Waals surface area contributed by atoms with Crippen molar-refractivity contribution in [3.8, 4) is 0 Å². The molecule has 1 heterocycles. The van der Waals surface area contributed by atoms with Crippen molar-refractivity contribution in [1.29, 1.82) is 0 Å². The lowest BCUT2D eigenvalue weighted by atomic mass is 10.2. The van der Waals surface area contributed by atoms with E-state index in [-0.39, 0.29) is 5.91 Å². The molecule has 2 aromatic carbocycles. The van der Waals surface area contributed by atoms with Crippen LogP contribution in [-0.2, 0) is 0 Å². The largest absolute Gasteiger partial charge is 0.378 e. The molecule has 23 heavy (non-hydrogen) atoms. The third kappa shape index (κ3) is 3.33. The maximum Gasteiger partial charge on any atom is 0.257 e. The SMILES string of the molecule is CSc1cccc2sc(NC(=O)c3ccc(N(C)C)cc3)nc12. The molecule has 4 nitrogen and oxygen atoms in total. The van der Waals surface area contributed by atoms with E-state index in [4.69, 9.17) is 0 Å². The first kappa shape index (κ1) is 15.8. The van der Waals surface area contributed by atoms with Crippen LogP contribution in [0.5, 0.6) is 0 Å². The van der Waals surface area contributed by atoms with E-state index in [0.29, 0.717) is 10.7 Å². The second-order valence-corrected chi connectivity index (χ2v) is 7.10. The molecule has 6 heteroatoms. The predicted molar refractivity (Wildman–Crippen MR) is 100 cm³/mol. The summed E-state index contributed by atoms with van der Waals surface area (Å²) in [4.78, 5) is 20.0. The normalized spacial score (nSPS) is 10.7. The minimum absolute atomic E-state index is 0.139. The van der Waals surface area contributed by atoms with Gasteiger partial charge in [0.2, 0.25) is 0 Å². The second-order valence-electron chi connectivity index (χ2n) is 5.22. The molecule has 0 aliphatic heterocycles. The minimum atomic E-state index is -0.139. The molecule has 0 spiro atoms. The van der Waals surface area contributed by atoms with Crippen molar-refractivity contribution in [2.24, 2.45) is 0 Å². The topological polar surface area (TPSA) is 45.2 Å². The molecule has 3 aromatic rings. The number of nitrogens with one attached hydrogen (secondary N) is 1. The van der Waals surface area contributed by atoms with E-state index in [2.05, 4.69) is 10.3 Å². The van der Waals surface area contributed by atoms with Crippen molar-refractivity contribution in [2.45, 2.75) is 4.90 Å². The number of carbonyl (C=O) groups is 1. The average Bonchev–Trinajstić information content (AvgIpc) is 2.97. The van der Waals surface area contributed by atoms with Gasteiger partial charge in [0.25, 0.3) is 5.91 Å². The van der Waals surface area contributed by atoms with E-state index in [0.717, 1.165) is 20.8 Å². The summed E-state index contributed by atoms with van der Waals surface area (Å²) in [6.07, 6.45) is 2.03. The van der Waals surface area contributed by atoms with Gasteiger partial charge in [0.1, 0.15) is 0 Å². The summed E-state index contributed by atoms with van der Waals surface area (Å²) in [7, 11) is 3.94. The molecule has 0 atom stereocenters. The van der Waals surface area contributed by atoms with Crippen LogP contribution in [0.15, 0.2) is 47.4 Å². The van der Waals surface area contributed by atoms with Gasteiger partial charge in [-0.1, -0.05) is 17.4 Å². The molecule has 1 aromatic heterocycles.